The van der Waals surface area contributed by atoms with Crippen molar-refractivity contribution in [2.24, 2.45) is 0 Å². The Balaban J connectivity index is 2.08. The number of hydrogen-bond donors (Lipinski definition) is 0. The normalized spacial score (nSPS) is 10.8. The van der Waals surface area contributed by atoms with E-state index < -0.39 is 0 Å². The molecule has 0 atom stereocenters. The SMILES string of the molecule is COC(=O)c1ccc(/C=C/c2nc(CCl)co2)cc1. The third-order valence-electron chi connectivity index (χ3n) is 2.46. The summed E-state index contributed by atoms with van der Waals surface area (Å²) < 4.78 is 9.83. The minimum Gasteiger partial charge on any atom is -0.465 e. The van der Waals surface area contributed by atoms with Crippen molar-refractivity contribution < 1.29 is 13.9 Å². The van der Waals surface area contributed by atoms with E-state index in [0.29, 0.717) is 23.0 Å². The number of esters is 1. The van der Waals surface area contributed by atoms with E-state index in [2.05, 4.69) is 9.72 Å². The fourth-order valence-corrected chi connectivity index (χ4v) is 1.60. The van der Waals surface area contributed by atoms with Crippen LogP contribution in [0.5, 0.6) is 0 Å². The molecule has 5 heteroatoms. The second-order valence-electron chi connectivity index (χ2n) is 3.76. The quantitative estimate of drug-likeness (QED) is 0.635. The average molecular weight is 278 g/mol. The molecule has 4 nitrogen and oxygen atoms in total. The van der Waals surface area contributed by atoms with Gasteiger partial charge in [0.25, 0.3) is 0 Å². The van der Waals surface area contributed by atoms with Crippen LogP contribution >= 0.6 is 11.6 Å². The maximum absolute atomic E-state index is 11.3. The van der Waals surface area contributed by atoms with Gasteiger partial charge in [0.1, 0.15) is 6.26 Å². The maximum atomic E-state index is 11.3. The topological polar surface area (TPSA) is 52.3 Å². The van der Waals surface area contributed by atoms with Crippen molar-refractivity contribution in [2.75, 3.05) is 7.11 Å². The predicted octanol–water partition coefficient (Wildman–Crippen LogP) is 3.37. The summed E-state index contributed by atoms with van der Waals surface area (Å²) in [5.41, 5.74) is 2.14. The zero-order valence-electron chi connectivity index (χ0n) is 10.3. The molecule has 1 heterocycles. The van der Waals surface area contributed by atoms with Crippen LogP contribution in [0.25, 0.3) is 12.2 Å². The number of aromatic nitrogens is 1. The monoisotopic (exact) mass is 277 g/mol. The van der Waals surface area contributed by atoms with E-state index in [9.17, 15) is 4.79 Å². The lowest BCUT2D eigenvalue weighted by Gasteiger charge is -1.98. The highest BCUT2D eigenvalue weighted by Crippen LogP contribution is 2.11. The molecule has 0 saturated carbocycles. The maximum Gasteiger partial charge on any atom is 0.337 e. The van der Waals surface area contributed by atoms with Crippen LogP contribution in [0.15, 0.2) is 34.9 Å². The third kappa shape index (κ3) is 3.45. The van der Waals surface area contributed by atoms with Gasteiger partial charge >= 0.3 is 5.97 Å². The Hall–Kier alpha value is -2.07. The van der Waals surface area contributed by atoms with Crippen molar-refractivity contribution in [1.82, 2.24) is 4.98 Å². The highest BCUT2D eigenvalue weighted by molar-refractivity contribution is 6.16. The van der Waals surface area contributed by atoms with Crippen LogP contribution in [-0.2, 0) is 10.6 Å². The van der Waals surface area contributed by atoms with Crippen molar-refractivity contribution in [3.8, 4) is 0 Å². The molecular formula is C14H12ClNO3. The highest BCUT2D eigenvalue weighted by atomic mass is 35.5. The molecule has 2 aromatic rings. The van der Waals surface area contributed by atoms with Gasteiger partial charge < -0.3 is 9.15 Å². The first-order chi connectivity index (χ1) is 9.22. The van der Waals surface area contributed by atoms with Crippen LogP contribution in [0.2, 0.25) is 0 Å². The molecule has 0 spiro atoms. The van der Waals surface area contributed by atoms with E-state index in [1.807, 2.05) is 18.2 Å². The largest absolute Gasteiger partial charge is 0.465 e. The van der Waals surface area contributed by atoms with E-state index >= 15 is 0 Å². The minimum atomic E-state index is -0.352. The Morgan fingerprint density at radius 1 is 1.37 bits per heavy atom. The first kappa shape index (κ1) is 13.4. The summed E-state index contributed by atoms with van der Waals surface area (Å²) in [6, 6.07) is 7.03. The van der Waals surface area contributed by atoms with Crippen LogP contribution < -0.4 is 0 Å². The average Bonchev–Trinajstić information content (AvgIpc) is 2.93. The number of methoxy groups -OCH3 is 1. The Labute approximate surface area is 115 Å². The summed E-state index contributed by atoms with van der Waals surface area (Å²) in [7, 11) is 1.35. The molecule has 0 aliphatic carbocycles. The number of ether oxygens (including phenoxy) is 1. The second-order valence-corrected chi connectivity index (χ2v) is 4.02. The van der Waals surface area contributed by atoms with Crippen molar-refractivity contribution in [3.63, 3.8) is 0 Å². The molecular weight excluding hydrogens is 266 g/mol. The molecule has 0 radical (unpaired) electrons. The number of carbonyl (C=O) groups is 1. The van der Waals surface area contributed by atoms with Crippen LogP contribution in [0.4, 0.5) is 0 Å². The first-order valence-electron chi connectivity index (χ1n) is 5.60. The fourth-order valence-electron chi connectivity index (χ4n) is 1.48. The van der Waals surface area contributed by atoms with E-state index in [-0.39, 0.29) is 5.97 Å². The third-order valence-corrected chi connectivity index (χ3v) is 2.73. The molecule has 19 heavy (non-hydrogen) atoms. The molecule has 1 aromatic carbocycles. The molecule has 0 fully saturated rings. The summed E-state index contributed by atoms with van der Waals surface area (Å²) in [6.45, 7) is 0. The first-order valence-corrected chi connectivity index (χ1v) is 6.13. The van der Waals surface area contributed by atoms with Crippen molar-refractivity contribution in [3.05, 3.63) is 53.2 Å². The Morgan fingerprint density at radius 3 is 2.68 bits per heavy atom. The zero-order chi connectivity index (χ0) is 13.7. The fraction of sp³-hybridized carbons (Fsp3) is 0.143. The van der Waals surface area contributed by atoms with Gasteiger partial charge in [-0.3, -0.25) is 0 Å². The van der Waals surface area contributed by atoms with Gasteiger partial charge in [-0.05, 0) is 23.8 Å². The van der Waals surface area contributed by atoms with E-state index in [0.717, 1.165) is 5.56 Å². The smallest absolute Gasteiger partial charge is 0.337 e. The summed E-state index contributed by atoms with van der Waals surface area (Å²) in [5, 5.41) is 0. The van der Waals surface area contributed by atoms with E-state index in [1.165, 1.54) is 13.4 Å². The van der Waals surface area contributed by atoms with Crippen LogP contribution in [0.3, 0.4) is 0 Å². The second kappa shape index (κ2) is 6.20. The van der Waals surface area contributed by atoms with Gasteiger partial charge in [0.15, 0.2) is 0 Å². The summed E-state index contributed by atoms with van der Waals surface area (Å²) in [5.74, 6) is 0.466. The molecule has 0 amide bonds. The van der Waals surface area contributed by atoms with E-state index in [1.54, 1.807) is 18.2 Å². The number of halogens is 1. The van der Waals surface area contributed by atoms with Crippen LogP contribution in [-0.4, -0.2) is 18.1 Å². The molecule has 0 aliphatic heterocycles. The lowest BCUT2D eigenvalue weighted by Crippen LogP contribution is -2.00. The van der Waals surface area contributed by atoms with Crippen LogP contribution in [0.1, 0.15) is 27.5 Å². The van der Waals surface area contributed by atoms with Gasteiger partial charge in [-0.2, -0.15) is 0 Å². The van der Waals surface area contributed by atoms with Gasteiger partial charge in [-0.1, -0.05) is 12.1 Å². The lowest BCUT2D eigenvalue weighted by atomic mass is 10.1. The number of oxazole rings is 1. The molecule has 98 valence electrons. The van der Waals surface area contributed by atoms with Gasteiger partial charge in [0.2, 0.25) is 5.89 Å². The Kier molecular flexibility index (Phi) is 4.36. The molecule has 0 saturated heterocycles. The Morgan fingerprint density at radius 2 is 2.11 bits per heavy atom. The summed E-state index contributed by atoms with van der Waals surface area (Å²) >= 11 is 5.63. The number of alkyl halides is 1. The number of benzene rings is 1. The Bertz CT molecular complexity index is 587. The van der Waals surface area contributed by atoms with E-state index in [4.69, 9.17) is 16.0 Å². The van der Waals surface area contributed by atoms with Gasteiger partial charge in [-0.15, -0.1) is 11.6 Å². The van der Waals surface area contributed by atoms with Gasteiger partial charge in [-0.25, -0.2) is 9.78 Å². The number of rotatable bonds is 4. The number of nitrogens with zero attached hydrogens (tertiary/aromatic N) is 1. The van der Waals surface area contributed by atoms with Crippen molar-refractivity contribution in [2.45, 2.75) is 5.88 Å². The van der Waals surface area contributed by atoms with Crippen molar-refractivity contribution in [1.29, 1.82) is 0 Å². The molecule has 2 rings (SSSR count). The van der Waals surface area contributed by atoms with Gasteiger partial charge in [0.05, 0.1) is 24.2 Å². The molecule has 0 aliphatic rings. The standard InChI is InChI=1S/C14H12ClNO3/c1-18-14(17)11-5-2-10(3-6-11)4-7-13-16-12(8-15)9-19-13/h2-7,9H,8H2,1H3/b7-4+. The highest BCUT2D eigenvalue weighted by Gasteiger charge is 2.03. The molecule has 0 unspecified atom stereocenters. The summed E-state index contributed by atoms with van der Waals surface area (Å²) in [4.78, 5) is 15.4. The molecule has 0 N–H and O–H groups in total. The lowest BCUT2D eigenvalue weighted by molar-refractivity contribution is 0.0601. The predicted molar refractivity (Wildman–Crippen MR) is 72.8 cm³/mol. The molecule has 1 aromatic heterocycles. The minimum absolute atomic E-state index is 0.325. The summed E-state index contributed by atoms with van der Waals surface area (Å²) in [6.07, 6.45) is 5.10. The van der Waals surface area contributed by atoms with Crippen molar-refractivity contribution >= 4 is 29.7 Å². The van der Waals surface area contributed by atoms with Gasteiger partial charge in [0, 0.05) is 6.08 Å². The number of hydrogen-bond acceptors (Lipinski definition) is 4. The van der Waals surface area contributed by atoms with Crippen LogP contribution in [0, 0.1) is 0 Å². The molecule has 0 bridgehead atoms. The zero-order valence-corrected chi connectivity index (χ0v) is 11.1. The number of carbonyl (C=O) groups excluding carboxylic acids is 1.